The first-order valence-corrected chi connectivity index (χ1v) is 8.91. The molecular formula is C21H27NO2. The third-order valence-corrected chi connectivity index (χ3v) is 4.66. The van der Waals surface area contributed by atoms with Crippen LogP contribution in [0.1, 0.15) is 30.4 Å². The van der Waals surface area contributed by atoms with Gasteiger partial charge in [-0.05, 0) is 30.4 Å². The predicted molar refractivity (Wildman–Crippen MR) is 96.6 cm³/mol. The van der Waals surface area contributed by atoms with Crippen LogP contribution in [0.4, 0.5) is 0 Å². The lowest BCUT2D eigenvalue weighted by atomic mass is 10.1. The van der Waals surface area contributed by atoms with E-state index < -0.39 is 0 Å². The van der Waals surface area contributed by atoms with E-state index in [0.29, 0.717) is 6.61 Å². The summed E-state index contributed by atoms with van der Waals surface area (Å²) in [5.74, 6) is 0. The van der Waals surface area contributed by atoms with Gasteiger partial charge in [0, 0.05) is 19.6 Å². The molecular weight excluding hydrogens is 298 g/mol. The Kier molecular flexibility index (Phi) is 6.41. The largest absolute Gasteiger partial charge is 0.390 e. The lowest BCUT2D eigenvalue weighted by molar-refractivity contribution is -0.0265. The van der Waals surface area contributed by atoms with Gasteiger partial charge < -0.3 is 9.84 Å². The van der Waals surface area contributed by atoms with E-state index >= 15 is 0 Å². The van der Waals surface area contributed by atoms with Gasteiger partial charge in [0.2, 0.25) is 0 Å². The van der Waals surface area contributed by atoms with Crippen molar-refractivity contribution in [2.45, 2.75) is 44.6 Å². The molecule has 0 aromatic heterocycles. The summed E-state index contributed by atoms with van der Waals surface area (Å²) in [6.45, 7) is 3.35. The molecule has 2 aromatic rings. The molecule has 0 heterocycles. The van der Waals surface area contributed by atoms with Crippen molar-refractivity contribution in [1.82, 2.24) is 4.90 Å². The molecule has 1 aliphatic rings. The average Bonchev–Trinajstić information content (AvgIpc) is 3.02. The Morgan fingerprint density at radius 3 is 1.96 bits per heavy atom. The van der Waals surface area contributed by atoms with Gasteiger partial charge in [-0.15, -0.1) is 0 Å². The maximum Gasteiger partial charge on any atom is 0.0834 e. The van der Waals surface area contributed by atoms with Crippen molar-refractivity contribution in [1.29, 1.82) is 0 Å². The molecule has 3 nitrogen and oxygen atoms in total. The summed E-state index contributed by atoms with van der Waals surface area (Å²) >= 11 is 0. The van der Waals surface area contributed by atoms with Crippen molar-refractivity contribution < 1.29 is 9.84 Å². The maximum atomic E-state index is 9.89. The highest BCUT2D eigenvalue weighted by atomic mass is 16.5. The monoisotopic (exact) mass is 325 g/mol. The lowest BCUT2D eigenvalue weighted by Gasteiger charge is -2.24. The molecule has 1 fully saturated rings. The van der Waals surface area contributed by atoms with E-state index in [2.05, 4.69) is 65.6 Å². The van der Waals surface area contributed by atoms with Crippen molar-refractivity contribution in [2.24, 2.45) is 0 Å². The highest BCUT2D eigenvalue weighted by Crippen LogP contribution is 2.21. The zero-order valence-electron chi connectivity index (χ0n) is 14.2. The highest BCUT2D eigenvalue weighted by molar-refractivity contribution is 5.17. The van der Waals surface area contributed by atoms with E-state index in [9.17, 15) is 5.11 Å². The topological polar surface area (TPSA) is 32.7 Å². The zero-order chi connectivity index (χ0) is 16.6. The summed E-state index contributed by atoms with van der Waals surface area (Å²) in [6, 6.07) is 21.1. The summed E-state index contributed by atoms with van der Waals surface area (Å²) in [5, 5.41) is 9.89. The smallest absolute Gasteiger partial charge is 0.0834 e. The molecule has 0 saturated heterocycles. The van der Waals surface area contributed by atoms with E-state index in [4.69, 9.17) is 4.74 Å². The van der Waals surface area contributed by atoms with Crippen LogP contribution in [0.25, 0.3) is 0 Å². The number of nitrogens with zero attached hydrogens (tertiary/aromatic N) is 1. The molecule has 3 heteroatoms. The summed E-state index contributed by atoms with van der Waals surface area (Å²) in [6.07, 6.45) is 2.69. The summed E-state index contributed by atoms with van der Waals surface area (Å²) < 4.78 is 5.93. The average molecular weight is 325 g/mol. The van der Waals surface area contributed by atoms with Crippen molar-refractivity contribution in [3.63, 3.8) is 0 Å². The molecule has 2 aromatic carbocycles. The third kappa shape index (κ3) is 5.17. The Morgan fingerprint density at radius 2 is 1.46 bits per heavy atom. The van der Waals surface area contributed by atoms with Crippen molar-refractivity contribution in [3.05, 3.63) is 71.8 Å². The number of hydrogen-bond acceptors (Lipinski definition) is 3. The Balaban J connectivity index is 1.56. The van der Waals surface area contributed by atoms with Gasteiger partial charge in [-0.3, -0.25) is 4.90 Å². The number of rotatable bonds is 8. The molecule has 0 bridgehead atoms. The molecule has 0 radical (unpaired) electrons. The van der Waals surface area contributed by atoms with E-state index in [0.717, 1.165) is 38.9 Å². The van der Waals surface area contributed by atoms with E-state index in [1.54, 1.807) is 0 Å². The van der Waals surface area contributed by atoms with Gasteiger partial charge in [-0.25, -0.2) is 0 Å². The lowest BCUT2D eigenvalue weighted by Crippen LogP contribution is -2.30. The minimum Gasteiger partial charge on any atom is -0.390 e. The zero-order valence-corrected chi connectivity index (χ0v) is 14.2. The molecule has 0 unspecified atom stereocenters. The Bertz CT molecular complexity index is 546. The Morgan fingerprint density at radius 1 is 0.875 bits per heavy atom. The second-order valence-corrected chi connectivity index (χ2v) is 6.59. The second-order valence-electron chi connectivity index (χ2n) is 6.59. The fraction of sp³-hybridized carbons (Fsp3) is 0.429. The molecule has 24 heavy (non-hydrogen) atoms. The minimum atomic E-state index is -0.276. The first-order valence-electron chi connectivity index (χ1n) is 8.91. The van der Waals surface area contributed by atoms with Gasteiger partial charge in [0.25, 0.3) is 0 Å². The van der Waals surface area contributed by atoms with Gasteiger partial charge in [-0.1, -0.05) is 60.7 Å². The molecule has 128 valence electrons. The summed E-state index contributed by atoms with van der Waals surface area (Å²) in [7, 11) is 0. The van der Waals surface area contributed by atoms with Crippen LogP contribution in [0.3, 0.4) is 0 Å². The quantitative estimate of drug-likeness (QED) is 0.804. The van der Waals surface area contributed by atoms with Crippen LogP contribution in [0.5, 0.6) is 0 Å². The van der Waals surface area contributed by atoms with Crippen LogP contribution in [0.15, 0.2) is 60.7 Å². The molecule has 1 aliphatic carbocycles. The van der Waals surface area contributed by atoms with Crippen molar-refractivity contribution in [2.75, 3.05) is 13.2 Å². The molecule has 0 amide bonds. The fourth-order valence-electron chi connectivity index (χ4n) is 3.33. The van der Waals surface area contributed by atoms with Gasteiger partial charge in [0.15, 0.2) is 0 Å². The van der Waals surface area contributed by atoms with Gasteiger partial charge in [0.05, 0.1) is 18.8 Å². The standard InChI is InChI=1S/C21H27NO2/c23-20-12-7-13-21(20)24-15-14-22(16-18-8-3-1-4-9-18)17-19-10-5-2-6-11-19/h1-6,8-11,20-21,23H,7,12-17H2/t20-,21+/m0/s1. The third-order valence-electron chi connectivity index (χ3n) is 4.66. The van der Waals surface area contributed by atoms with E-state index in [1.165, 1.54) is 11.1 Å². The predicted octanol–water partition coefficient (Wildman–Crippen LogP) is 3.62. The Hall–Kier alpha value is -1.68. The Labute approximate surface area is 144 Å². The highest BCUT2D eigenvalue weighted by Gasteiger charge is 2.25. The number of benzene rings is 2. The van der Waals surface area contributed by atoms with Crippen molar-refractivity contribution >= 4 is 0 Å². The first kappa shape index (κ1) is 17.2. The number of aliphatic hydroxyl groups excluding tert-OH is 1. The van der Waals surface area contributed by atoms with Crippen molar-refractivity contribution in [3.8, 4) is 0 Å². The second kappa shape index (κ2) is 8.97. The minimum absolute atomic E-state index is 0.0281. The summed E-state index contributed by atoms with van der Waals surface area (Å²) in [5.41, 5.74) is 2.63. The summed E-state index contributed by atoms with van der Waals surface area (Å²) in [4.78, 5) is 2.41. The first-order chi connectivity index (χ1) is 11.8. The van der Waals surface area contributed by atoms with Crippen LogP contribution in [0, 0.1) is 0 Å². The fourth-order valence-corrected chi connectivity index (χ4v) is 3.33. The maximum absolute atomic E-state index is 9.89. The van der Waals surface area contributed by atoms with Gasteiger partial charge in [0.1, 0.15) is 0 Å². The van der Waals surface area contributed by atoms with Crippen LogP contribution in [-0.4, -0.2) is 35.4 Å². The van der Waals surface area contributed by atoms with Crippen LogP contribution >= 0.6 is 0 Å². The van der Waals surface area contributed by atoms with Crippen LogP contribution in [-0.2, 0) is 17.8 Å². The SMILES string of the molecule is O[C@H]1CCC[C@H]1OCCN(Cc1ccccc1)Cc1ccccc1. The van der Waals surface area contributed by atoms with Crippen LogP contribution in [0.2, 0.25) is 0 Å². The van der Waals surface area contributed by atoms with E-state index in [-0.39, 0.29) is 12.2 Å². The normalized spacial score (nSPS) is 20.6. The van der Waals surface area contributed by atoms with Crippen LogP contribution < -0.4 is 0 Å². The van der Waals surface area contributed by atoms with E-state index in [1.807, 2.05) is 0 Å². The molecule has 1 N–H and O–H groups in total. The molecule has 2 atom stereocenters. The van der Waals surface area contributed by atoms with Gasteiger partial charge >= 0.3 is 0 Å². The number of ether oxygens (including phenoxy) is 1. The number of aliphatic hydroxyl groups is 1. The molecule has 0 spiro atoms. The van der Waals surface area contributed by atoms with Gasteiger partial charge in [-0.2, -0.15) is 0 Å². The molecule has 3 rings (SSSR count). The molecule has 0 aliphatic heterocycles. The molecule has 1 saturated carbocycles. The number of hydrogen-bond donors (Lipinski definition) is 1.